The summed E-state index contributed by atoms with van der Waals surface area (Å²) in [6, 6.07) is -0.351. The zero-order chi connectivity index (χ0) is 11.7. The largest absolute Gasteiger partial charge is 0.480 e. The molecule has 5 heteroatoms. The Bertz CT molecular complexity index is 403. The number of fused-ring (bicyclic) bond motifs is 1. The Balaban J connectivity index is 2.15. The first kappa shape index (κ1) is 11.5. The lowest BCUT2D eigenvalue weighted by Gasteiger charge is -2.30. The van der Waals surface area contributed by atoms with Gasteiger partial charge in [-0.2, -0.15) is 0 Å². The van der Waals surface area contributed by atoms with E-state index >= 15 is 0 Å². The average Bonchev–Trinajstić information content (AvgIpc) is 2.57. The monoisotopic (exact) mass is 240 g/mol. The van der Waals surface area contributed by atoms with Gasteiger partial charge in [0, 0.05) is 24.4 Å². The SMILES string of the molecule is CCC(C(=O)O)N1CCc2nc(C)sc2C1. The maximum Gasteiger partial charge on any atom is 0.320 e. The van der Waals surface area contributed by atoms with Crippen molar-refractivity contribution in [2.24, 2.45) is 0 Å². The van der Waals surface area contributed by atoms with Crippen molar-refractivity contribution in [1.29, 1.82) is 0 Å². The molecule has 0 spiro atoms. The molecule has 0 fully saturated rings. The minimum atomic E-state index is -0.716. The van der Waals surface area contributed by atoms with Crippen LogP contribution in [0.4, 0.5) is 0 Å². The first-order valence-corrected chi connectivity index (χ1v) is 6.35. The summed E-state index contributed by atoms with van der Waals surface area (Å²) in [6.45, 7) is 5.47. The van der Waals surface area contributed by atoms with Crippen LogP contribution in [0.1, 0.15) is 28.9 Å². The van der Waals surface area contributed by atoms with Crippen LogP contribution >= 0.6 is 11.3 Å². The summed E-state index contributed by atoms with van der Waals surface area (Å²) in [4.78, 5) is 18.8. The van der Waals surface area contributed by atoms with Gasteiger partial charge in [-0.15, -0.1) is 11.3 Å². The van der Waals surface area contributed by atoms with Crippen molar-refractivity contribution in [1.82, 2.24) is 9.88 Å². The van der Waals surface area contributed by atoms with E-state index in [0.717, 1.165) is 24.5 Å². The molecule has 1 unspecified atom stereocenters. The van der Waals surface area contributed by atoms with E-state index in [-0.39, 0.29) is 6.04 Å². The Hall–Kier alpha value is -0.940. The molecule has 2 heterocycles. The van der Waals surface area contributed by atoms with Crippen molar-refractivity contribution in [3.8, 4) is 0 Å². The van der Waals surface area contributed by atoms with Gasteiger partial charge in [0.2, 0.25) is 0 Å². The number of carboxylic acids is 1. The van der Waals surface area contributed by atoms with Crippen molar-refractivity contribution in [3.05, 3.63) is 15.6 Å². The van der Waals surface area contributed by atoms with Crippen molar-refractivity contribution in [2.75, 3.05) is 6.54 Å². The lowest BCUT2D eigenvalue weighted by atomic mass is 10.1. The number of aromatic nitrogens is 1. The molecule has 4 nitrogen and oxygen atoms in total. The van der Waals surface area contributed by atoms with Crippen molar-refractivity contribution in [3.63, 3.8) is 0 Å². The van der Waals surface area contributed by atoms with Crippen molar-refractivity contribution < 1.29 is 9.90 Å². The second-order valence-electron chi connectivity index (χ2n) is 4.09. The van der Waals surface area contributed by atoms with E-state index in [1.807, 2.05) is 18.7 Å². The zero-order valence-electron chi connectivity index (χ0n) is 9.56. The fraction of sp³-hybridized carbons (Fsp3) is 0.636. The van der Waals surface area contributed by atoms with E-state index < -0.39 is 5.97 Å². The lowest BCUT2D eigenvalue weighted by Crippen LogP contribution is -2.43. The molecule has 88 valence electrons. The van der Waals surface area contributed by atoms with Crippen LogP contribution in [0.2, 0.25) is 0 Å². The summed E-state index contributed by atoms with van der Waals surface area (Å²) in [7, 11) is 0. The molecule has 1 aromatic rings. The van der Waals surface area contributed by atoms with Gasteiger partial charge in [0.25, 0.3) is 0 Å². The summed E-state index contributed by atoms with van der Waals surface area (Å²) in [5, 5.41) is 10.2. The molecule has 0 saturated carbocycles. The standard InChI is InChI=1S/C11H16N2O2S/c1-3-9(11(14)15)13-5-4-8-10(6-13)16-7(2)12-8/h9H,3-6H2,1-2H3,(H,14,15). The number of aliphatic carboxylic acids is 1. The molecule has 1 N–H and O–H groups in total. The predicted molar refractivity (Wildman–Crippen MR) is 62.7 cm³/mol. The molecule has 0 amide bonds. The minimum Gasteiger partial charge on any atom is -0.480 e. The fourth-order valence-electron chi connectivity index (χ4n) is 2.20. The Kier molecular flexibility index (Phi) is 3.25. The molecule has 0 bridgehead atoms. The smallest absolute Gasteiger partial charge is 0.320 e. The highest BCUT2D eigenvalue weighted by atomic mass is 32.1. The Labute approximate surface area is 98.9 Å². The molecule has 2 rings (SSSR count). The number of thiazole rings is 1. The highest BCUT2D eigenvalue weighted by Gasteiger charge is 2.28. The molecule has 0 aliphatic carbocycles. The topological polar surface area (TPSA) is 53.4 Å². The summed E-state index contributed by atoms with van der Waals surface area (Å²) in [6.07, 6.45) is 1.53. The van der Waals surface area contributed by atoms with Crippen LogP contribution in [0.3, 0.4) is 0 Å². The summed E-state index contributed by atoms with van der Waals surface area (Å²) < 4.78 is 0. The number of nitrogens with zero attached hydrogens (tertiary/aromatic N) is 2. The van der Waals surface area contributed by atoms with E-state index in [2.05, 4.69) is 4.98 Å². The van der Waals surface area contributed by atoms with Gasteiger partial charge in [0.05, 0.1) is 10.7 Å². The van der Waals surface area contributed by atoms with Crippen molar-refractivity contribution in [2.45, 2.75) is 39.3 Å². The summed E-state index contributed by atoms with van der Waals surface area (Å²) >= 11 is 1.69. The lowest BCUT2D eigenvalue weighted by molar-refractivity contribution is -0.143. The van der Waals surface area contributed by atoms with Crippen LogP contribution in [0.5, 0.6) is 0 Å². The van der Waals surface area contributed by atoms with E-state index in [9.17, 15) is 4.79 Å². The van der Waals surface area contributed by atoms with Gasteiger partial charge < -0.3 is 5.11 Å². The van der Waals surface area contributed by atoms with Crippen molar-refractivity contribution >= 4 is 17.3 Å². The van der Waals surface area contributed by atoms with Gasteiger partial charge in [0.15, 0.2) is 0 Å². The third kappa shape index (κ3) is 2.10. The highest BCUT2D eigenvalue weighted by Crippen LogP contribution is 2.26. The Morgan fingerprint density at radius 3 is 3.06 bits per heavy atom. The highest BCUT2D eigenvalue weighted by molar-refractivity contribution is 7.11. The molecular weight excluding hydrogens is 224 g/mol. The zero-order valence-corrected chi connectivity index (χ0v) is 10.4. The van der Waals surface area contributed by atoms with Crippen LogP contribution in [0.25, 0.3) is 0 Å². The van der Waals surface area contributed by atoms with Crippen LogP contribution < -0.4 is 0 Å². The maximum atomic E-state index is 11.1. The average molecular weight is 240 g/mol. The van der Waals surface area contributed by atoms with E-state index in [1.165, 1.54) is 10.6 Å². The quantitative estimate of drug-likeness (QED) is 0.873. The molecule has 1 aliphatic rings. The third-order valence-electron chi connectivity index (χ3n) is 2.98. The summed E-state index contributed by atoms with van der Waals surface area (Å²) in [5.74, 6) is -0.716. The van der Waals surface area contributed by atoms with Crippen LogP contribution in [-0.4, -0.2) is 33.5 Å². The molecule has 1 atom stereocenters. The fourth-order valence-corrected chi connectivity index (χ4v) is 3.21. The normalized spacial score (nSPS) is 18.1. The molecule has 0 radical (unpaired) electrons. The van der Waals surface area contributed by atoms with E-state index in [4.69, 9.17) is 5.11 Å². The molecule has 0 saturated heterocycles. The van der Waals surface area contributed by atoms with Gasteiger partial charge in [0.1, 0.15) is 6.04 Å². The van der Waals surface area contributed by atoms with E-state index in [1.54, 1.807) is 11.3 Å². The second kappa shape index (κ2) is 4.51. The van der Waals surface area contributed by atoms with Gasteiger partial charge >= 0.3 is 5.97 Å². The van der Waals surface area contributed by atoms with Crippen LogP contribution in [0.15, 0.2) is 0 Å². The number of rotatable bonds is 3. The molecule has 1 aliphatic heterocycles. The Morgan fingerprint density at radius 1 is 1.69 bits per heavy atom. The molecule has 0 aromatic carbocycles. The molecule has 16 heavy (non-hydrogen) atoms. The molecule has 1 aromatic heterocycles. The first-order chi connectivity index (χ1) is 7.61. The molecular formula is C11H16N2O2S. The van der Waals surface area contributed by atoms with Gasteiger partial charge in [-0.1, -0.05) is 6.92 Å². The Morgan fingerprint density at radius 2 is 2.44 bits per heavy atom. The number of carbonyl (C=O) groups is 1. The van der Waals surface area contributed by atoms with E-state index in [0.29, 0.717) is 6.42 Å². The van der Waals surface area contributed by atoms with Gasteiger partial charge in [-0.25, -0.2) is 4.98 Å². The number of carboxylic acid groups (broad SMARTS) is 1. The third-order valence-corrected chi connectivity index (χ3v) is 3.98. The number of hydrogen-bond acceptors (Lipinski definition) is 4. The predicted octanol–water partition coefficient (Wildman–Crippen LogP) is 1.67. The van der Waals surface area contributed by atoms with Crippen LogP contribution in [-0.2, 0) is 17.8 Å². The first-order valence-electron chi connectivity index (χ1n) is 5.53. The number of aryl methyl sites for hydroxylation is 1. The minimum absolute atomic E-state index is 0.351. The van der Waals surface area contributed by atoms with Gasteiger partial charge in [-0.3, -0.25) is 9.69 Å². The number of hydrogen-bond donors (Lipinski definition) is 1. The van der Waals surface area contributed by atoms with Gasteiger partial charge in [-0.05, 0) is 13.3 Å². The second-order valence-corrected chi connectivity index (χ2v) is 5.37. The summed E-state index contributed by atoms with van der Waals surface area (Å²) in [5.41, 5.74) is 1.17. The maximum absolute atomic E-state index is 11.1. The van der Waals surface area contributed by atoms with Crippen LogP contribution in [0, 0.1) is 6.92 Å².